The van der Waals surface area contributed by atoms with Gasteiger partial charge in [0.15, 0.2) is 5.82 Å². The summed E-state index contributed by atoms with van der Waals surface area (Å²) in [7, 11) is 3.96. The summed E-state index contributed by atoms with van der Waals surface area (Å²) in [6.45, 7) is 7.77. The Hall–Kier alpha value is -3.89. The number of ether oxygens (including phenoxy) is 1. The van der Waals surface area contributed by atoms with Gasteiger partial charge in [0.2, 0.25) is 0 Å². The average Bonchev–Trinajstić information content (AvgIpc) is 3.71. The predicted molar refractivity (Wildman–Crippen MR) is 170 cm³/mol. The first-order chi connectivity index (χ1) is 21.1. The minimum absolute atomic E-state index is 0.0389. The standard InChI is InChI=1S/C32H35F2N7O2S/c1-5-25(42)41-14-12-24(17(41)2)40(4)31-21-9-8-20(19-10-11-23(33)29-26(19)22(15-35)30(36)44-29)27(34)28(21)37-32(38-31)43-16-18-7-6-13-39(18)3/h5,8-11,17-18,24-25,42H,1,6-7,12-14,16,36H2,2-4H3/t17-,18-,24-,25?/m0/s1. The second-order valence-electron chi connectivity index (χ2n) is 11.6. The van der Waals surface area contributed by atoms with Crippen molar-refractivity contribution in [1.29, 1.82) is 5.26 Å². The fourth-order valence-electron chi connectivity index (χ4n) is 6.68. The van der Waals surface area contributed by atoms with Gasteiger partial charge >= 0.3 is 6.01 Å². The van der Waals surface area contributed by atoms with E-state index in [1.54, 1.807) is 12.1 Å². The normalized spacial score (nSPS) is 21.6. The lowest BCUT2D eigenvalue weighted by atomic mass is 9.97. The largest absolute Gasteiger partial charge is 0.462 e. The van der Waals surface area contributed by atoms with Gasteiger partial charge in [-0.15, -0.1) is 11.3 Å². The molecule has 9 nitrogen and oxygen atoms in total. The van der Waals surface area contributed by atoms with Gasteiger partial charge in [-0.25, -0.2) is 8.78 Å². The number of aromatic nitrogens is 2. The summed E-state index contributed by atoms with van der Waals surface area (Å²) < 4.78 is 37.8. The van der Waals surface area contributed by atoms with Gasteiger partial charge in [0.05, 0.1) is 10.3 Å². The number of fused-ring (bicyclic) bond motifs is 2. The number of thiophene rings is 1. The van der Waals surface area contributed by atoms with E-state index in [2.05, 4.69) is 29.6 Å². The van der Waals surface area contributed by atoms with E-state index in [9.17, 15) is 14.8 Å². The van der Waals surface area contributed by atoms with Gasteiger partial charge in [-0.05, 0) is 63.6 Å². The number of likely N-dealkylation sites (tertiary alicyclic amines) is 2. The molecule has 230 valence electrons. The van der Waals surface area contributed by atoms with E-state index >= 15 is 4.39 Å². The van der Waals surface area contributed by atoms with Crippen LogP contribution in [0.5, 0.6) is 6.01 Å². The number of halogens is 2. The molecule has 12 heteroatoms. The topological polar surface area (TPSA) is 115 Å². The summed E-state index contributed by atoms with van der Waals surface area (Å²) in [5.41, 5.74) is 6.75. The molecule has 4 heterocycles. The number of nitrogens with zero attached hydrogens (tertiary/aromatic N) is 6. The Kier molecular flexibility index (Phi) is 8.15. The Bertz CT molecular complexity index is 1790. The minimum Gasteiger partial charge on any atom is -0.462 e. The highest BCUT2D eigenvalue weighted by Crippen LogP contribution is 2.43. The number of anilines is 2. The highest BCUT2D eigenvalue weighted by Gasteiger charge is 2.37. The van der Waals surface area contributed by atoms with Crippen molar-refractivity contribution in [2.75, 3.05) is 44.4 Å². The second kappa shape index (κ2) is 11.9. The summed E-state index contributed by atoms with van der Waals surface area (Å²) in [6, 6.07) is 8.33. The zero-order valence-electron chi connectivity index (χ0n) is 24.9. The zero-order valence-corrected chi connectivity index (χ0v) is 25.7. The van der Waals surface area contributed by atoms with Crippen LogP contribution in [0.25, 0.3) is 32.1 Å². The van der Waals surface area contributed by atoms with E-state index in [-0.39, 0.29) is 55.9 Å². The molecule has 0 saturated carbocycles. The van der Waals surface area contributed by atoms with Crippen LogP contribution in [-0.4, -0.2) is 83.0 Å². The number of aliphatic hydroxyl groups is 1. The van der Waals surface area contributed by atoms with Gasteiger partial charge in [0.25, 0.3) is 0 Å². The van der Waals surface area contributed by atoms with Crippen molar-refractivity contribution in [2.24, 2.45) is 0 Å². The quantitative estimate of drug-likeness (QED) is 0.260. The fourth-order valence-corrected chi connectivity index (χ4v) is 7.63. The molecule has 2 aliphatic heterocycles. The third-order valence-electron chi connectivity index (χ3n) is 9.21. The van der Waals surface area contributed by atoms with Crippen molar-refractivity contribution in [3.63, 3.8) is 0 Å². The highest BCUT2D eigenvalue weighted by atomic mass is 32.1. The number of benzene rings is 2. The maximum absolute atomic E-state index is 16.7. The monoisotopic (exact) mass is 619 g/mol. The van der Waals surface area contributed by atoms with Gasteiger partial charge in [-0.3, -0.25) is 4.90 Å². The highest BCUT2D eigenvalue weighted by molar-refractivity contribution is 7.23. The van der Waals surface area contributed by atoms with Crippen LogP contribution in [0.1, 0.15) is 31.7 Å². The number of nitriles is 1. The maximum Gasteiger partial charge on any atom is 0.319 e. The molecule has 2 aromatic carbocycles. The smallest absolute Gasteiger partial charge is 0.319 e. The summed E-state index contributed by atoms with van der Waals surface area (Å²) >= 11 is 0.967. The lowest BCUT2D eigenvalue weighted by Crippen LogP contribution is -2.45. The summed E-state index contributed by atoms with van der Waals surface area (Å²) in [5.74, 6) is -0.654. The molecule has 4 atom stereocenters. The Morgan fingerprint density at radius 3 is 2.73 bits per heavy atom. The number of rotatable bonds is 8. The van der Waals surface area contributed by atoms with Crippen LogP contribution in [0, 0.1) is 23.0 Å². The molecule has 2 fully saturated rings. The van der Waals surface area contributed by atoms with Gasteiger partial charge < -0.3 is 25.4 Å². The Morgan fingerprint density at radius 2 is 2.02 bits per heavy atom. The summed E-state index contributed by atoms with van der Waals surface area (Å²) in [5, 5.41) is 21.2. The molecule has 2 aliphatic rings. The van der Waals surface area contributed by atoms with E-state index in [4.69, 9.17) is 15.5 Å². The third kappa shape index (κ3) is 5.03. The fraction of sp³-hybridized carbons (Fsp3) is 0.406. The van der Waals surface area contributed by atoms with Crippen LogP contribution in [0.2, 0.25) is 0 Å². The molecule has 0 spiro atoms. The summed E-state index contributed by atoms with van der Waals surface area (Å²) in [6.07, 6.45) is 3.55. The SMILES string of the molecule is C=CC(O)N1CC[C@H](N(C)c2nc(OC[C@@H]3CCCN3C)nc3c(F)c(-c4ccc(F)c5sc(N)c(C#N)c45)ccc23)[C@@H]1C. The van der Waals surface area contributed by atoms with Crippen LogP contribution in [-0.2, 0) is 0 Å². The molecule has 0 aliphatic carbocycles. The number of nitrogens with two attached hydrogens (primary N) is 1. The van der Waals surface area contributed by atoms with Crippen LogP contribution in [0.3, 0.4) is 0 Å². The summed E-state index contributed by atoms with van der Waals surface area (Å²) in [4.78, 5) is 15.5. The van der Waals surface area contributed by atoms with Gasteiger partial charge in [0.1, 0.15) is 41.1 Å². The van der Waals surface area contributed by atoms with Crippen molar-refractivity contribution in [3.05, 3.63) is 54.1 Å². The van der Waals surface area contributed by atoms with Crippen LogP contribution >= 0.6 is 11.3 Å². The Morgan fingerprint density at radius 1 is 1.25 bits per heavy atom. The van der Waals surface area contributed by atoms with Gasteiger partial charge in [0, 0.05) is 48.1 Å². The minimum atomic E-state index is -0.773. The van der Waals surface area contributed by atoms with Crippen molar-refractivity contribution in [2.45, 2.75) is 50.5 Å². The number of hydrogen-bond acceptors (Lipinski definition) is 10. The molecule has 0 bridgehead atoms. The van der Waals surface area contributed by atoms with Crippen molar-refractivity contribution in [3.8, 4) is 23.2 Å². The molecule has 4 aromatic rings. The number of nitrogen functional groups attached to an aromatic ring is 1. The number of aliphatic hydroxyl groups excluding tert-OH is 1. The predicted octanol–water partition coefficient (Wildman–Crippen LogP) is 5.12. The molecule has 0 amide bonds. The first-order valence-corrected chi connectivity index (χ1v) is 15.5. The third-order valence-corrected chi connectivity index (χ3v) is 10.2. The van der Waals surface area contributed by atoms with Crippen LogP contribution < -0.4 is 15.4 Å². The maximum atomic E-state index is 16.7. The van der Waals surface area contributed by atoms with Crippen LogP contribution in [0.15, 0.2) is 36.9 Å². The number of hydrogen-bond donors (Lipinski definition) is 2. The number of likely N-dealkylation sites (N-methyl/N-ethyl adjacent to an activating group) is 2. The lowest BCUT2D eigenvalue weighted by Gasteiger charge is -2.33. The molecular formula is C32H35F2N7O2S. The van der Waals surface area contributed by atoms with Crippen LogP contribution in [0.4, 0.5) is 19.6 Å². The molecule has 44 heavy (non-hydrogen) atoms. The van der Waals surface area contributed by atoms with E-state index < -0.39 is 17.9 Å². The van der Waals surface area contributed by atoms with E-state index in [1.165, 1.54) is 18.2 Å². The first kappa shape index (κ1) is 30.1. The van der Waals surface area contributed by atoms with E-state index in [1.807, 2.05) is 23.8 Å². The molecular weight excluding hydrogens is 584 g/mol. The van der Waals surface area contributed by atoms with Crippen molar-refractivity contribution >= 4 is 43.1 Å². The molecule has 2 saturated heterocycles. The first-order valence-electron chi connectivity index (χ1n) is 14.7. The second-order valence-corrected chi connectivity index (χ2v) is 12.6. The molecule has 2 aromatic heterocycles. The van der Waals surface area contributed by atoms with E-state index in [0.717, 1.165) is 37.1 Å². The van der Waals surface area contributed by atoms with E-state index in [0.29, 0.717) is 29.9 Å². The lowest BCUT2D eigenvalue weighted by molar-refractivity contribution is 0.0352. The average molecular weight is 620 g/mol. The van der Waals surface area contributed by atoms with Crippen molar-refractivity contribution in [1.82, 2.24) is 19.8 Å². The van der Waals surface area contributed by atoms with Crippen molar-refractivity contribution < 1.29 is 18.6 Å². The molecule has 0 radical (unpaired) electrons. The van der Waals surface area contributed by atoms with Gasteiger partial charge in [-0.2, -0.15) is 15.2 Å². The molecule has 6 rings (SSSR count). The Balaban J connectivity index is 1.48. The Labute approximate surface area is 258 Å². The molecule has 1 unspecified atom stereocenters. The molecule has 3 N–H and O–H groups in total. The zero-order chi connectivity index (χ0) is 31.3. The van der Waals surface area contributed by atoms with Gasteiger partial charge in [-0.1, -0.05) is 18.7 Å².